The van der Waals surface area contributed by atoms with Gasteiger partial charge in [-0.3, -0.25) is 25.8 Å². The fourth-order valence-corrected chi connectivity index (χ4v) is 3.85. The Morgan fingerprint density at radius 2 is 1.55 bits per heavy atom. The van der Waals surface area contributed by atoms with E-state index in [9.17, 15) is 9.59 Å². The molecule has 9 heteroatoms. The van der Waals surface area contributed by atoms with Gasteiger partial charge in [0.15, 0.2) is 11.7 Å². The van der Waals surface area contributed by atoms with E-state index >= 15 is 0 Å². The summed E-state index contributed by atoms with van der Waals surface area (Å²) < 4.78 is 7.03. The van der Waals surface area contributed by atoms with E-state index < -0.39 is 5.91 Å². The monoisotopic (exact) mass is 561 g/mol. The van der Waals surface area contributed by atoms with Crippen LogP contribution in [0.5, 0.6) is 5.75 Å². The molecule has 0 atom stereocenters. The van der Waals surface area contributed by atoms with Gasteiger partial charge < -0.3 is 4.74 Å². The summed E-state index contributed by atoms with van der Waals surface area (Å²) in [5.41, 5.74) is 7.36. The maximum Gasteiger partial charge on any atom is 0.276 e. The number of carbonyl (C=O) groups excluding carboxylic acids is 2. The summed E-state index contributed by atoms with van der Waals surface area (Å²) in [4.78, 5) is 24.3. The quantitative estimate of drug-likeness (QED) is 0.313. The van der Waals surface area contributed by atoms with Crippen molar-refractivity contribution < 1.29 is 14.3 Å². The zero-order valence-corrected chi connectivity index (χ0v) is 20.0. The Labute approximate surface area is 201 Å². The van der Waals surface area contributed by atoms with Crippen molar-refractivity contribution in [1.82, 2.24) is 16.2 Å². The average molecular weight is 563 g/mol. The van der Waals surface area contributed by atoms with Crippen molar-refractivity contribution >= 4 is 61.0 Å². The largest absolute Gasteiger partial charge is 0.483 e. The van der Waals surface area contributed by atoms with Gasteiger partial charge in [0.2, 0.25) is 0 Å². The van der Waals surface area contributed by atoms with Gasteiger partial charge in [-0.15, -0.1) is 0 Å². The van der Waals surface area contributed by atoms with E-state index in [4.69, 9.17) is 17.0 Å². The van der Waals surface area contributed by atoms with Gasteiger partial charge in [0.1, 0.15) is 5.75 Å². The van der Waals surface area contributed by atoms with Crippen LogP contribution in [0.15, 0.2) is 81.7 Å². The average Bonchev–Trinajstić information content (AvgIpc) is 2.78. The van der Waals surface area contributed by atoms with E-state index in [1.54, 1.807) is 24.3 Å². The van der Waals surface area contributed by atoms with Crippen LogP contribution in [0.4, 0.5) is 0 Å². The lowest BCUT2D eigenvalue weighted by Crippen LogP contribution is -2.49. The molecular weight excluding hydrogens is 546 g/mol. The second-order valence-electron chi connectivity index (χ2n) is 6.26. The molecule has 0 radical (unpaired) electrons. The van der Waals surface area contributed by atoms with E-state index in [1.165, 1.54) is 0 Å². The standard InChI is InChI=1S/C22H17Br2N3O3S/c23-17-10-11-19(18(24)12-17)30-13-20(28)26-27-22(31)25-21(29)16-8-6-15(7-9-16)14-4-2-1-3-5-14/h1-12H,13H2,(H,26,28)(H2,25,27,29,31). The van der Waals surface area contributed by atoms with E-state index in [2.05, 4.69) is 48.0 Å². The van der Waals surface area contributed by atoms with Crippen molar-refractivity contribution in [1.29, 1.82) is 0 Å². The first kappa shape index (κ1) is 22.9. The molecule has 3 aromatic carbocycles. The lowest BCUT2D eigenvalue weighted by Gasteiger charge is -2.12. The van der Waals surface area contributed by atoms with Gasteiger partial charge in [0, 0.05) is 10.0 Å². The molecule has 6 nitrogen and oxygen atoms in total. The summed E-state index contributed by atoms with van der Waals surface area (Å²) in [5, 5.41) is 2.48. The topological polar surface area (TPSA) is 79.5 Å². The molecule has 0 heterocycles. The van der Waals surface area contributed by atoms with Crippen molar-refractivity contribution in [2.45, 2.75) is 0 Å². The van der Waals surface area contributed by atoms with Crippen LogP contribution >= 0.6 is 44.1 Å². The lowest BCUT2D eigenvalue weighted by atomic mass is 10.0. The molecule has 3 rings (SSSR count). The van der Waals surface area contributed by atoms with Crippen LogP contribution in [0.2, 0.25) is 0 Å². The third-order valence-electron chi connectivity index (χ3n) is 4.05. The molecule has 0 aliphatic heterocycles. The number of carbonyl (C=O) groups is 2. The number of hydrazine groups is 1. The Balaban J connectivity index is 1.44. The van der Waals surface area contributed by atoms with Crippen LogP contribution in [0, 0.1) is 0 Å². The Bertz CT molecular complexity index is 1090. The minimum atomic E-state index is -0.460. The number of hydrogen-bond donors (Lipinski definition) is 3. The zero-order valence-electron chi connectivity index (χ0n) is 16.0. The molecular formula is C22H17Br2N3O3S. The predicted octanol–water partition coefficient (Wildman–Crippen LogP) is 4.59. The fraction of sp³-hybridized carbons (Fsp3) is 0.0455. The maximum absolute atomic E-state index is 12.3. The Morgan fingerprint density at radius 3 is 2.23 bits per heavy atom. The first-order valence-electron chi connectivity index (χ1n) is 9.06. The molecule has 0 bridgehead atoms. The van der Waals surface area contributed by atoms with Gasteiger partial charge in [0.05, 0.1) is 4.47 Å². The number of amides is 2. The molecule has 3 aromatic rings. The van der Waals surface area contributed by atoms with Crippen LogP contribution in [0.1, 0.15) is 10.4 Å². The number of halogens is 2. The number of benzene rings is 3. The number of nitrogens with one attached hydrogen (secondary N) is 3. The summed E-state index contributed by atoms with van der Waals surface area (Å²) in [6.07, 6.45) is 0. The molecule has 2 amide bonds. The van der Waals surface area contributed by atoms with Gasteiger partial charge in [-0.1, -0.05) is 58.4 Å². The van der Waals surface area contributed by atoms with E-state index in [-0.39, 0.29) is 17.6 Å². The molecule has 0 saturated heterocycles. The molecule has 31 heavy (non-hydrogen) atoms. The third kappa shape index (κ3) is 6.88. The summed E-state index contributed by atoms with van der Waals surface area (Å²) in [5.74, 6) is -0.326. The van der Waals surface area contributed by atoms with Crippen LogP contribution in [-0.2, 0) is 4.79 Å². The number of hydrogen-bond acceptors (Lipinski definition) is 4. The molecule has 0 spiro atoms. The van der Waals surface area contributed by atoms with Crippen LogP contribution in [0.3, 0.4) is 0 Å². The summed E-state index contributed by atoms with van der Waals surface area (Å²) in [6.45, 7) is -0.231. The van der Waals surface area contributed by atoms with Crippen molar-refractivity contribution in [3.63, 3.8) is 0 Å². The second-order valence-corrected chi connectivity index (χ2v) is 8.44. The summed E-state index contributed by atoms with van der Waals surface area (Å²) in [7, 11) is 0. The molecule has 0 saturated carbocycles. The predicted molar refractivity (Wildman–Crippen MR) is 131 cm³/mol. The molecule has 3 N–H and O–H groups in total. The molecule has 0 unspecified atom stereocenters. The van der Waals surface area contributed by atoms with Gasteiger partial charge in [-0.05, 0) is 69.6 Å². The Morgan fingerprint density at radius 1 is 0.871 bits per heavy atom. The van der Waals surface area contributed by atoms with Crippen molar-refractivity contribution in [2.75, 3.05) is 6.61 Å². The van der Waals surface area contributed by atoms with Crippen LogP contribution in [0.25, 0.3) is 11.1 Å². The highest BCUT2D eigenvalue weighted by Crippen LogP contribution is 2.28. The van der Waals surface area contributed by atoms with Crippen molar-refractivity contribution in [2.24, 2.45) is 0 Å². The third-order valence-corrected chi connectivity index (χ3v) is 5.37. The summed E-state index contributed by atoms with van der Waals surface area (Å²) in [6, 6.07) is 22.3. The summed E-state index contributed by atoms with van der Waals surface area (Å²) >= 11 is 11.8. The normalized spacial score (nSPS) is 10.1. The highest BCUT2D eigenvalue weighted by molar-refractivity contribution is 9.11. The van der Waals surface area contributed by atoms with Gasteiger partial charge in [0.25, 0.3) is 11.8 Å². The molecule has 0 fully saturated rings. The highest BCUT2D eigenvalue weighted by atomic mass is 79.9. The lowest BCUT2D eigenvalue weighted by molar-refractivity contribution is -0.123. The molecule has 0 aromatic heterocycles. The zero-order chi connectivity index (χ0) is 22.2. The first-order chi connectivity index (χ1) is 14.9. The van der Waals surface area contributed by atoms with Crippen molar-refractivity contribution in [3.8, 4) is 16.9 Å². The highest BCUT2D eigenvalue weighted by Gasteiger charge is 2.10. The Kier molecular flexibility index (Phi) is 8.16. The van der Waals surface area contributed by atoms with Gasteiger partial charge in [-0.2, -0.15) is 0 Å². The molecule has 158 valence electrons. The second kappa shape index (κ2) is 11.0. The van der Waals surface area contributed by atoms with E-state index in [0.717, 1.165) is 15.6 Å². The van der Waals surface area contributed by atoms with E-state index in [0.29, 0.717) is 15.8 Å². The first-order valence-corrected chi connectivity index (χ1v) is 11.1. The number of rotatable bonds is 5. The maximum atomic E-state index is 12.3. The van der Waals surface area contributed by atoms with Crippen LogP contribution < -0.4 is 20.9 Å². The Hall–Kier alpha value is -2.75. The SMILES string of the molecule is O=C(COc1ccc(Br)cc1Br)NNC(=S)NC(=O)c1ccc(-c2ccccc2)cc1. The molecule has 0 aliphatic rings. The van der Waals surface area contributed by atoms with E-state index in [1.807, 2.05) is 48.5 Å². The number of ether oxygens (including phenoxy) is 1. The molecule has 0 aliphatic carbocycles. The minimum absolute atomic E-state index is 0.0321. The van der Waals surface area contributed by atoms with Gasteiger partial charge in [-0.25, -0.2) is 0 Å². The fourth-order valence-electron chi connectivity index (χ4n) is 2.55. The van der Waals surface area contributed by atoms with Crippen molar-refractivity contribution in [3.05, 3.63) is 87.3 Å². The minimum Gasteiger partial charge on any atom is -0.483 e. The van der Waals surface area contributed by atoms with Gasteiger partial charge >= 0.3 is 0 Å². The number of thiocarbonyl (C=S) groups is 1. The smallest absolute Gasteiger partial charge is 0.276 e. The van der Waals surface area contributed by atoms with Crippen LogP contribution in [-0.4, -0.2) is 23.5 Å².